The van der Waals surface area contributed by atoms with Crippen molar-refractivity contribution in [3.05, 3.63) is 50.7 Å². The fraction of sp³-hybridized carbons (Fsp3) is 0.250. The van der Waals surface area contributed by atoms with Crippen LogP contribution in [0.1, 0.15) is 10.6 Å². The van der Waals surface area contributed by atoms with Crippen molar-refractivity contribution < 1.29 is 14.1 Å². The maximum Gasteiger partial charge on any atom is 0.433 e. The molecule has 0 spiro atoms. The highest BCUT2D eigenvalue weighted by atomic mass is 79.9. The number of anilines is 1. The number of hydrogen-bond acceptors (Lipinski definition) is 7. The van der Waals surface area contributed by atoms with Crippen molar-refractivity contribution in [2.75, 3.05) is 31.1 Å². The monoisotopic (exact) mass is 436 g/mol. The first-order valence-electron chi connectivity index (χ1n) is 7.86. The van der Waals surface area contributed by atoms with Gasteiger partial charge in [-0.3, -0.25) is 14.9 Å². The van der Waals surface area contributed by atoms with Crippen LogP contribution >= 0.6 is 27.3 Å². The van der Waals surface area contributed by atoms with E-state index in [4.69, 9.17) is 4.42 Å². The average Bonchev–Trinajstić information content (AvgIpc) is 3.28. The molecule has 134 valence electrons. The maximum absolute atomic E-state index is 12.4. The van der Waals surface area contributed by atoms with E-state index in [2.05, 4.69) is 25.8 Å². The summed E-state index contributed by atoms with van der Waals surface area (Å²) < 4.78 is 7.13. The summed E-state index contributed by atoms with van der Waals surface area (Å²) in [5.74, 6) is -0.756. The highest BCUT2D eigenvalue weighted by molar-refractivity contribution is 9.10. The van der Waals surface area contributed by atoms with Gasteiger partial charge in [-0.25, -0.2) is 4.98 Å². The van der Waals surface area contributed by atoms with Gasteiger partial charge in [-0.05, 0) is 24.3 Å². The Bertz CT molecular complexity index is 993. The predicted molar refractivity (Wildman–Crippen MR) is 101 cm³/mol. The zero-order valence-electron chi connectivity index (χ0n) is 13.4. The Labute approximate surface area is 160 Å². The lowest BCUT2D eigenvalue weighted by molar-refractivity contribution is -0.402. The number of piperazine rings is 1. The second-order valence-electron chi connectivity index (χ2n) is 5.78. The number of hydrogen-bond donors (Lipinski definition) is 0. The molecule has 0 saturated carbocycles. The van der Waals surface area contributed by atoms with Crippen molar-refractivity contribution in [3.8, 4) is 0 Å². The highest BCUT2D eigenvalue weighted by Crippen LogP contribution is 2.31. The van der Waals surface area contributed by atoms with Crippen LogP contribution in [-0.4, -0.2) is 46.9 Å². The van der Waals surface area contributed by atoms with Gasteiger partial charge in [0.2, 0.25) is 0 Å². The van der Waals surface area contributed by atoms with Gasteiger partial charge in [0.1, 0.15) is 4.92 Å². The van der Waals surface area contributed by atoms with Crippen LogP contribution in [0.15, 0.2) is 39.2 Å². The third kappa shape index (κ3) is 3.17. The molecule has 3 heterocycles. The van der Waals surface area contributed by atoms with E-state index in [1.807, 2.05) is 18.2 Å². The smallest absolute Gasteiger partial charge is 0.395 e. The summed E-state index contributed by atoms with van der Waals surface area (Å²) in [6, 6.07) is 8.52. The number of amides is 1. The first-order valence-corrected chi connectivity index (χ1v) is 9.47. The number of carbonyl (C=O) groups excluding carboxylic acids is 1. The van der Waals surface area contributed by atoms with Gasteiger partial charge in [-0.2, -0.15) is 0 Å². The standard InChI is InChI=1S/C16H13BrN4O4S/c17-10-1-2-11-13(9-10)26-16(18-11)20-7-5-19(6-8-20)15(22)12-3-4-14(25-12)21(23)24/h1-4,9H,5-8H2. The molecule has 0 radical (unpaired) electrons. The summed E-state index contributed by atoms with van der Waals surface area (Å²) in [6.45, 7) is 2.31. The molecule has 1 aliphatic heterocycles. The van der Waals surface area contributed by atoms with Gasteiger partial charge in [0.05, 0.1) is 16.3 Å². The second kappa shape index (κ2) is 6.69. The van der Waals surface area contributed by atoms with Crippen molar-refractivity contribution in [2.45, 2.75) is 0 Å². The van der Waals surface area contributed by atoms with Gasteiger partial charge in [0, 0.05) is 30.7 Å². The SMILES string of the molecule is O=C(c1ccc([N+](=O)[O-])o1)N1CCN(c2nc3ccc(Br)cc3s2)CC1. The van der Waals surface area contributed by atoms with Gasteiger partial charge >= 0.3 is 5.88 Å². The van der Waals surface area contributed by atoms with E-state index in [0.29, 0.717) is 26.2 Å². The molecule has 26 heavy (non-hydrogen) atoms. The van der Waals surface area contributed by atoms with Crippen LogP contribution in [0.4, 0.5) is 11.0 Å². The van der Waals surface area contributed by atoms with Gasteiger partial charge in [0.25, 0.3) is 5.91 Å². The minimum absolute atomic E-state index is 0.00464. The molecule has 10 heteroatoms. The van der Waals surface area contributed by atoms with Gasteiger partial charge < -0.3 is 14.2 Å². The van der Waals surface area contributed by atoms with E-state index in [-0.39, 0.29) is 11.7 Å². The molecule has 4 rings (SSSR count). The quantitative estimate of drug-likeness (QED) is 0.460. The van der Waals surface area contributed by atoms with Crippen LogP contribution in [0.25, 0.3) is 10.2 Å². The molecule has 1 saturated heterocycles. The van der Waals surface area contributed by atoms with E-state index >= 15 is 0 Å². The lowest BCUT2D eigenvalue weighted by Crippen LogP contribution is -2.48. The number of nitro groups is 1. The molecule has 0 N–H and O–H groups in total. The largest absolute Gasteiger partial charge is 0.433 e. The number of thiazole rings is 1. The first-order chi connectivity index (χ1) is 12.5. The summed E-state index contributed by atoms with van der Waals surface area (Å²) in [5.41, 5.74) is 0.953. The Hall–Kier alpha value is -2.46. The Morgan fingerprint density at radius 1 is 1.23 bits per heavy atom. The molecule has 0 unspecified atom stereocenters. The molecule has 1 amide bonds. The molecule has 0 bridgehead atoms. The van der Waals surface area contributed by atoms with Crippen molar-refractivity contribution >= 4 is 54.4 Å². The zero-order chi connectivity index (χ0) is 18.3. The third-order valence-corrected chi connectivity index (χ3v) is 5.73. The normalized spacial score (nSPS) is 14.8. The fourth-order valence-electron chi connectivity index (χ4n) is 2.82. The molecule has 8 nitrogen and oxygen atoms in total. The second-order valence-corrected chi connectivity index (χ2v) is 7.71. The Balaban J connectivity index is 1.44. The lowest BCUT2D eigenvalue weighted by Gasteiger charge is -2.34. The zero-order valence-corrected chi connectivity index (χ0v) is 15.8. The van der Waals surface area contributed by atoms with E-state index in [0.717, 1.165) is 19.8 Å². The van der Waals surface area contributed by atoms with Gasteiger partial charge in [-0.15, -0.1) is 0 Å². The molecule has 3 aromatic rings. The topological polar surface area (TPSA) is 92.7 Å². The molecular formula is C16H13BrN4O4S. The average molecular weight is 437 g/mol. The van der Waals surface area contributed by atoms with Crippen molar-refractivity contribution in [1.82, 2.24) is 9.88 Å². The van der Waals surface area contributed by atoms with E-state index < -0.39 is 10.8 Å². The summed E-state index contributed by atoms with van der Waals surface area (Å²) in [6.07, 6.45) is 0. The minimum Gasteiger partial charge on any atom is -0.395 e. The van der Waals surface area contributed by atoms with Crippen molar-refractivity contribution in [2.24, 2.45) is 0 Å². The van der Waals surface area contributed by atoms with Crippen LogP contribution in [0.5, 0.6) is 0 Å². The maximum atomic E-state index is 12.4. The van der Waals surface area contributed by atoms with E-state index in [1.54, 1.807) is 16.2 Å². The predicted octanol–water partition coefficient (Wildman–Crippen LogP) is 3.52. The van der Waals surface area contributed by atoms with Gasteiger partial charge in [-0.1, -0.05) is 27.3 Å². The van der Waals surface area contributed by atoms with E-state index in [9.17, 15) is 14.9 Å². The molecule has 1 fully saturated rings. The van der Waals surface area contributed by atoms with Crippen LogP contribution in [0, 0.1) is 10.1 Å². The van der Waals surface area contributed by atoms with Crippen molar-refractivity contribution in [3.63, 3.8) is 0 Å². The molecule has 2 aromatic heterocycles. The van der Waals surface area contributed by atoms with E-state index in [1.165, 1.54) is 12.1 Å². The van der Waals surface area contributed by atoms with Gasteiger partial charge in [0.15, 0.2) is 10.9 Å². The number of fused-ring (bicyclic) bond motifs is 1. The van der Waals surface area contributed by atoms with Crippen LogP contribution in [-0.2, 0) is 0 Å². The first kappa shape index (κ1) is 17.0. The number of carbonyl (C=O) groups is 1. The number of benzene rings is 1. The number of aromatic nitrogens is 1. The molecule has 1 aromatic carbocycles. The molecule has 0 aliphatic carbocycles. The Morgan fingerprint density at radius 3 is 2.69 bits per heavy atom. The van der Waals surface area contributed by atoms with Crippen LogP contribution < -0.4 is 4.90 Å². The van der Waals surface area contributed by atoms with Crippen LogP contribution in [0.3, 0.4) is 0 Å². The molecular weight excluding hydrogens is 424 g/mol. The number of nitrogens with zero attached hydrogens (tertiary/aromatic N) is 4. The fourth-order valence-corrected chi connectivity index (χ4v) is 4.39. The molecule has 1 aliphatic rings. The Morgan fingerprint density at radius 2 is 2.00 bits per heavy atom. The molecule has 0 atom stereocenters. The highest BCUT2D eigenvalue weighted by Gasteiger charge is 2.27. The van der Waals surface area contributed by atoms with Crippen LogP contribution in [0.2, 0.25) is 0 Å². The Kier molecular flexibility index (Phi) is 4.37. The number of rotatable bonds is 3. The summed E-state index contributed by atoms with van der Waals surface area (Å²) in [7, 11) is 0. The lowest BCUT2D eigenvalue weighted by atomic mass is 10.3. The summed E-state index contributed by atoms with van der Waals surface area (Å²) >= 11 is 5.08. The third-order valence-electron chi connectivity index (χ3n) is 4.16. The number of furan rings is 1. The number of halogens is 1. The summed E-state index contributed by atoms with van der Waals surface area (Å²) in [4.78, 5) is 30.9. The summed E-state index contributed by atoms with van der Waals surface area (Å²) in [5, 5.41) is 11.6. The van der Waals surface area contributed by atoms with Crippen molar-refractivity contribution in [1.29, 1.82) is 0 Å². The minimum atomic E-state index is -0.653.